The van der Waals surface area contributed by atoms with Gasteiger partial charge in [0.25, 0.3) is 0 Å². The molecule has 0 bridgehead atoms. The fraction of sp³-hybridized carbons (Fsp3) is 0.188. The fourth-order valence-electron chi connectivity index (χ4n) is 2.04. The van der Waals surface area contributed by atoms with E-state index in [9.17, 15) is 8.78 Å². The Labute approximate surface area is 116 Å². The Hall–Kier alpha value is -2.41. The molecule has 0 radical (unpaired) electrons. The SMILES string of the molecule is CC(Cc1cccc(F)c1)Nc1ccc(C#N)cc1F. The van der Waals surface area contributed by atoms with Crippen LogP contribution < -0.4 is 5.32 Å². The topological polar surface area (TPSA) is 35.8 Å². The summed E-state index contributed by atoms with van der Waals surface area (Å²) in [6, 6.07) is 12.5. The standard InChI is InChI=1S/C16H14F2N2/c1-11(7-12-3-2-4-14(17)8-12)20-16-6-5-13(10-19)9-15(16)18/h2-6,8-9,11,20H,7H2,1H3. The Kier molecular flexibility index (Phi) is 4.31. The number of benzene rings is 2. The number of nitriles is 1. The Morgan fingerprint density at radius 2 is 2.00 bits per heavy atom. The van der Waals surface area contributed by atoms with E-state index >= 15 is 0 Å². The maximum absolute atomic E-state index is 13.7. The summed E-state index contributed by atoms with van der Waals surface area (Å²) in [5.41, 5.74) is 1.47. The highest BCUT2D eigenvalue weighted by Gasteiger charge is 2.08. The smallest absolute Gasteiger partial charge is 0.147 e. The third kappa shape index (κ3) is 3.55. The molecule has 0 aliphatic rings. The first-order valence-corrected chi connectivity index (χ1v) is 6.29. The summed E-state index contributed by atoms with van der Waals surface area (Å²) in [5.74, 6) is -0.741. The first-order chi connectivity index (χ1) is 9.58. The molecule has 0 aromatic heterocycles. The molecule has 0 aliphatic heterocycles. The van der Waals surface area contributed by atoms with Gasteiger partial charge in [0.05, 0.1) is 17.3 Å². The van der Waals surface area contributed by atoms with Gasteiger partial charge in [-0.05, 0) is 49.2 Å². The van der Waals surface area contributed by atoms with Gasteiger partial charge in [-0.2, -0.15) is 5.26 Å². The van der Waals surface area contributed by atoms with Crippen molar-refractivity contribution in [2.75, 3.05) is 5.32 Å². The molecule has 2 rings (SSSR count). The number of halogens is 2. The zero-order valence-electron chi connectivity index (χ0n) is 11.0. The molecule has 1 N–H and O–H groups in total. The number of hydrogen-bond acceptors (Lipinski definition) is 2. The van der Waals surface area contributed by atoms with Crippen molar-refractivity contribution >= 4 is 5.69 Å². The summed E-state index contributed by atoms with van der Waals surface area (Å²) >= 11 is 0. The molecule has 0 amide bonds. The predicted octanol–water partition coefficient (Wildman–Crippen LogP) is 3.88. The quantitative estimate of drug-likeness (QED) is 0.916. The van der Waals surface area contributed by atoms with E-state index in [1.165, 1.54) is 24.3 Å². The zero-order chi connectivity index (χ0) is 14.5. The molecule has 0 heterocycles. The van der Waals surface area contributed by atoms with Gasteiger partial charge in [-0.15, -0.1) is 0 Å². The lowest BCUT2D eigenvalue weighted by Gasteiger charge is -2.16. The van der Waals surface area contributed by atoms with Crippen LogP contribution in [-0.2, 0) is 6.42 Å². The third-order valence-electron chi connectivity index (χ3n) is 2.93. The lowest BCUT2D eigenvalue weighted by molar-refractivity contribution is 0.620. The minimum atomic E-state index is -0.463. The molecule has 2 aromatic rings. The molecule has 20 heavy (non-hydrogen) atoms. The fourth-order valence-corrected chi connectivity index (χ4v) is 2.04. The molecule has 0 spiro atoms. The van der Waals surface area contributed by atoms with Crippen LogP contribution in [0, 0.1) is 23.0 Å². The Morgan fingerprint density at radius 1 is 1.20 bits per heavy atom. The molecule has 4 heteroatoms. The predicted molar refractivity (Wildman–Crippen MR) is 74.3 cm³/mol. The van der Waals surface area contributed by atoms with Crippen molar-refractivity contribution in [1.82, 2.24) is 0 Å². The molecule has 2 nitrogen and oxygen atoms in total. The van der Waals surface area contributed by atoms with E-state index in [0.29, 0.717) is 12.1 Å². The summed E-state index contributed by atoms with van der Waals surface area (Å²) in [4.78, 5) is 0. The summed E-state index contributed by atoms with van der Waals surface area (Å²) in [6.45, 7) is 1.89. The molecule has 0 saturated heterocycles. The monoisotopic (exact) mass is 272 g/mol. The zero-order valence-corrected chi connectivity index (χ0v) is 11.0. The van der Waals surface area contributed by atoms with Gasteiger partial charge >= 0.3 is 0 Å². The van der Waals surface area contributed by atoms with Crippen LogP contribution >= 0.6 is 0 Å². The van der Waals surface area contributed by atoms with Gasteiger partial charge in [0.1, 0.15) is 11.6 Å². The van der Waals surface area contributed by atoms with Crippen LogP contribution in [0.5, 0.6) is 0 Å². The summed E-state index contributed by atoms with van der Waals surface area (Å²) in [6.07, 6.45) is 0.581. The summed E-state index contributed by atoms with van der Waals surface area (Å²) in [5, 5.41) is 11.7. The van der Waals surface area contributed by atoms with Crippen molar-refractivity contribution in [3.8, 4) is 6.07 Å². The van der Waals surface area contributed by atoms with E-state index in [2.05, 4.69) is 5.32 Å². The van der Waals surface area contributed by atoms with Crippen LogP contribution in [0.1, 0.15) is 18.1 Å². The second-order valence-electron chi connectivity index (χ2n) is 4.69. The normalized spacial score (nSPS) is 11.7. The third-order valence-corrected chi connectivity index (χ3v) is 2.93. The number of nitrogens with zero attached hydrogens (tertiary/aromatic N) is 1. The second-order valence-corrected chi connectivity index (χ2v) is 4.69. The van der Waals surface area contributed by atoms with Gasteiger partial charge in [-0.1, -0.05) is 12.1 Å². The van der Waals surface area contributed by atoms with E-state index in [4.69, 9.17) is 5.26 Å². The Bertz CT molecular complexity index is 647. The largest absolute Gasteiger partial charge is 0.380 e. The van der Waals surface area contributed by atoms with Crippen molar-refractivity contribution in [3.05, 3.63) is 65.2 Å². The lowest BCUT2D eigenvalue weighted by atomic mass is 10.1. The summed E-state index contributed by atoms with van der Waals surface area (Å²) < 4.78 is 26.8. The Balaban J connectivity index is 2.05. The average molecular weight is 272 g/mol. The van der Waals surface area contributed by atoms with Gasteiger partial charge < -0.3 is 5.32 Å². The van der Waals surface area contributed by atoms with E-state index in [-0.39, 0.29) is 17.4 Å². The molecule has 0 saturated carbocycles. The highest BCUT2D eigenvalue weighted by Crippen LogP contribution is 2.17. The second kappa shape index (κ2) is 6.16. The number of hydrogen-bond donors (Lipinski definition) is 1. The van der Waals surface area contributed by atoms with Crippen LogP contribution in [0.2, 0.25) is 0 Å². The first kappa shape index (κ1) is 14.0. The van der Waals surface area contributed by atoms with E-state index in [0.717, 1.165) is 5.56 Å². The van der Waals surface area contributed by atoms with Crippen molar-refractivity contribution in [2.24, 2.45) is 0 Å². The number of anilines is 1. The van der Waals surface area contributed by atoms with E-state index in [1.807, 2.05) is 19.1 Å². The van der Waals surface area contributed by atoms with E-state index in [1.54, 1.807) is 12.1 Å². The van der Waals surface area contributed by atoms with Gasteiger partial charge in [0.15, 0.2) is 0 Å². The van der Waals surface area contributed by atoms with Crippen molar-refractivity contribution in [2.45, 2.75) is 19.4 Å². The van der Waals surface area contributed by atoms with Crippen molar-refractivity contribution in [1.29, 1.82) is 5.26 Å². The van der Waals surface area contributed by atoms with Crippen LogP contribution in [0.3, 0.4) is 0 Å². The minimum absolute atomic E-state index is 0.0563. The minimum Gasteiger partial charge on any atom is -0.380 e. The Morgan fingerprint density at radius 3 is 2.65 bits per heavy atom. The summed E-state index contributed by atoms with van der Waals surface area (Å²) in [7, 11) is 0. The van der Waals surface area contributed by atoms with Gasteiger partial charge in [0, 0.05) is 6.04 Å². The van der Waals surface area contributed by atoms with Crippen molar-refractivity contribution in [3.63, 3.8) is 0 Å². The molecule has 1 atom stereocenters. The molecule has 1 unspecified atom stereocenters. The molecular weight excluding hydrogens is 258 g/mol. The molecular formula is C16H14F2N2. The highest BCUT2D eigenvalue weighted by molar-refractivity contribution is 5.49. The highest BCUT2D eigenvalue weighted by atomic mass is 19.1. The van der Waals surface area contributed by atoms with Crippen LogP contribution in [0.4, 0.5) is 14.5 Å². The first-order valence-electron chi connectivity index (χ1n) is 6.29. The van der Waals surface area contributed by atoms with Crippen LogP contribution in [0.25, 0.3) is 0 Å². The molecule has 0 aliphatic carbocycles. The van der Waals surface area contributed by atoms with Crippen molar-refractivity contribution < 1.29 is 8.78 Å². The molecule has 2 aromatic carbocycles. The maximum Gasteiger partial charge on any atom is 0.147 e. The molecule has 0 fully saturated rings. The maximum atomic E-state index is 13.7. The average Bonchev–Trinajstić information content (AvgIpc) is 2.41. The van der Waals surface area contributed by atoms with E-state index < -0.39 is 5.82 Å². The lowest BCUT2D eigenvalue weighted by Crippen LogP contribution is -2.19. The molecule has 102 valence electrons. The van der Waals surface area contributed by atoms with Gasteiger partial charge in [-0.25, -0.2) is 8.78 Å². The number of rotatable bonds is 4. The van der Waals surface area contributed by atoms with Gasteiger partial charge in [0.2, 0.25) is 0 Å². The number of nitrogens with one attached hydrogen (secondary N) is 1. The van der Waals surface area contributed by atoms with Crippen LogP contribution in [-0.4, -0.2) is 6.04 Å². The van der Waals surface area contributed by atoms with Gasteiger partial charge in [-0.3, -0.25) is 0 Å². The van der Waals surface area contributed by atoms with Crippen LogP contribution in [0.15, 0.2) is 42.5 Å².